The highest BCUT2D eigenvalue weighted by atomic mass is 16.5. The first-order valence-electron chi connectivity index (χ1n) is 11.6. The number of likely N-dealkylation sites (tertiary alicyclic amines) is 1. The molecule has 1 N–H and O–H groups in total. The molecular weight excluding hydrogens is 416 g/mol. The number of aromatic amines is 1. The number of anilines is 1. The van der Waals surface area contributed by atoms with Crippen molar-refractivity contribution in [3.05, 3.63) is 53.1 Å². The lowest BCUT2D eigenvalue weighted by atomic mass is 9.95. The summed E-state index contributed by atoms with van der Waals surface area (Å²) in [5.41, 5.74) is 5.58. The van der Waals surface area contributed by atoms with Gasteiger partial charge in [0.2, 0.25) is 5.95 Å². The van der Waals surface area contributed by atoms with Crippen LogP contribution in [0.2, 0.25) is 0 Å². The summed E-state index contributed by atoms with van der Waals surface area (Å²) < 4.78 is 5.44. The Hall–Kier alpha value is -3.42. The SMILES string of the molecule is COc1cccc(-c2cnc(N(C)C)nc2[C@H]2CCCN2C(=O)c2n[nH]c3c2CCCC3)c1. The summed E-state index contributed by atoms with van der Waals surface area (Å²) in [4.78, 5) is 27.1. The lowest BCUT2D eigenvalue weighted by molar-refractivity contribution is 0.0726. The second-order valence-electron chi connectivity index (χ2n) is 8.99. The number of carbonyl (C=O) groups is 1. The number of carbonyl (C=O) groups excluding carboxylic acids is 1. The average Bonchev–Trinajstić information content (AvgIpc) is 3.51. The number of H-pyrrole nitrogens is 1. The van der Waals surface area contributed by atoms with Crippen LogP contribution in [0.25, 0.3) is 11.1 Å². The van der Waals surface area contributed by atoms with Crippen LogP contribution in [-0.2, 0) is 12.8 Å². The normalized spacial score (nSPS) is 17.7. The van der Waals surface area contributed by atoms with Crippen LogP contribution in [0.4, 0.5) is 5.95 Å². The van der Waals surface area contributed by atoms with Crippen molar-refractivity contribution in [3.8, 4) is 16.9 Å². The van der Waals surface area contributed by atoms with Gasteiger partial charge in [0.25, 0.3) is 5.91 Å². The van der Waals surface area contributed by atoms with Crippen molar-refractivity contribution >= 4 is 11.9 Å². The number of aryl methyl sites for hydroxylation is 1. The molecule has 2 aliphatic rings. The molecule has 1 aliphatic heterocycles. The number of aromatic nitrogens is 4. The van der Waals surface area contributed by atoms with Gasteiger partial charge in [-0.3, -0.25) is 9.89 Å². The van der Waals surface area contributed by atoms with Crippen LogP contribution in [0.15, 0.2) is 30.5 Å². The number of hydrogen-bond acceptors (Lipinski definition) is 6. The van der Waals surface area contributed by atoms with E-state index in [-0.39, 0.29) is 11.9 Å². The molecule has 8 nitrogen and oxygen atoms in total. The van der Waals surface area contributed by atoms with Gasteiger partial charge in [-0.15, -0.1) is 0 Å². The fourth-order valence-electron chi connectivity index (χ4n) is 4.96. The van der Waals surface area contributed by atoms with Gasteiger partial charge in [0.1, 0.15) is 5.75 Å². The highest BCUT2D eigenvalue weighted by Gasteiger charge is 2.36. The van der Waals surface area contributed by atoms with Gasteiger partial charge in [-0.2, -0.15) is 5.10 Å². The molecule has 3 aromatic rings. The largest absolute Gasteiger partial charge is 0.497 e. The van der Waals surface area contributed by atoms with Crippen LogP contribution < -0.4 is 9.64 Å². The Kier molecular flexibility index (Phi) is 5.74. The minimum Gasteiger partial charge on any atom is -0.497 e. The molecule has 3 heterocycles. The summed E-state index contributed by atoms with van der Waals surface area (Å²) in [5.74, 6) is 1.41. The van der Waals surface area contributed by atoms with Crippen LogP contribution in [0.5, 0.6) is 5.75 Å². The lowest BCUT2D eigenvalue weighted by Gasteiger charge is -2.27. The molecule has 1 amide bonds. The fourth-order valence-corrected chi connectivity index (χ4v) is 4.96. The van der Waals surface area contributed by atoms with Crippen molar-refractivity contribution in [1.82, 2.24) is 25.1 Å². The lowest BCUT2D eigenvalue weighted by Crippen LogP contribution is -2.32. The Balaban J connectivity index is 1.56. The summed E-state index contributed by atoms with van der Waals surface area (Å²) in [6.45, 7) is 0.698. The molecule has 1 aliphatic carbocycles. The first-order chi connectivity index (χ1) is 16.1. The minimum absolute atomic E-state index is 0.00138. The second-order valence-corrected chi connectivity index (χ2v) is 8.99. The maximum absolute atomic E-state index is 13.7. The van der Waals surface area contributed by atoms with Crippen molar-refractivity contribution in [2.24, 2.45) is 0 Å². The molecule has 5 rings (SSSR count). The standard InChI is InChI=1S/C25H30N6O2/c1-30(2)25-26-15-19(16-8-6-9-17(14-16)33-3)22(27-25)21-12-7-13-31(21)24(32)23-18-10-4-5-11-20(18)28-29-23/h6,8-9,14-15,21H,4-5,7,10-13H2,1-3H3,(H,28,29)/t21-/m1/s1. The van der Waals surface area contributed by atoms with Gasteiger partial charge in [-0.05, 0) is 56.2 Å². The fraction of sp³-hybridized carbons (Fsp3) is 0.440. The summed E-state index contributed by atoms with van der Waals surface area (Å²) in [6, 6.07) is 7.78. The maximum atomic E-state index is 13.7. The summed E-state index contributed by atoms with van der Waals surface area (Å²) in [5, 5.41) is 7.56. The van der Waals surface area contributed by atoms with Crippen molar-refractivity contribution < 1.29 is 9.53 Å². The van der Waals surface area contributed by atoms with Crippen LogP contribution in [0.3, 0.4) is 0 Å². The monoisotopic (exact) mass is 446 g/mol. The summed E-state index contributed by atoms with van der Waals surface area (Å²) >= 11 is 0. The van der Waals surface area contributed by atoms with E-state index in [1.807, 2.05) is 54.4 Å². The molecule has 8 heteroatoms. The third kappa shape index (κ3) is 3.94. The molecular formula is C25H30N6O2. The van der Waals surface area contributed by atoms with E-state index in [4.69, 9.17) is 9.72 Å². The first-order valence-corrected chi connectivity index (χ1v) is 11.6. The van der Waals surface area contributed by atoms with Gasteiger partial charge in [0.05, 0.1) is 18.8 Å². The van der Waals surface area contributed by atoms with E-state index in [0.29, 0.717) is 18.2 Å². The van der Waals surface area contributed by atoms with Crippen LogP contribution in [0.1, 0.15) is 59.2 Å². The topological polar surface area (TPSA) is 87.2 Å². The van der Waals surface area contributed by atoms with E-state index < -0.39 is 0 Å². The number of hydrogen-bond donors (Lipinski definition) is 1. The van der Waals surface area contributed by atoms with E-state index in [2.05, 4.69) is 15.2 Å². The van der Waals surface area contributed by atoms with Crippen molar-refractivity contribution in [3.63, 3.8) is 0 Å². The van der Waals surface area contributed by atoms with Crippen LogP contribution >= 0.6 is 0 Å². The van der Waals surface area contributed by atoms with Gasteiger partial charge in [-0.25, -0.2) is 9.97 Å². The number of amides is 1. The molecule has 1 saturated heterocycles. The zero-order valence-electron chi connectivity index (χ0n) is 19.5. The van der Waals surface area contributed by atoms with E-state index in [0.717, 1.165) is 72.4 Å². The molecule has 0 unspecified atom stereocenters. The molecule has 0 radical (unpaired) electrons. The average molecular weight is 447 g/mol. The quantitative estimate of drug-likeness (QED) is 0.642. The number of rotatable bonds is 5. The second kappa shape index (κ2) is 8.84. The summed E-state index contributed by atoms with van der Waals surface area (Å²) in [6.07, 6.45) is 7.79. The van der Waals surface area contributed by atoms with E-state index in [1.165, 1.54) is 0 Å². The Bertz CT molecular complexity index is 1170. The van der Waals surface area contributed by atoms with Gasteiger partial charge in [-0.1, -0.05) is 12.1 Å². The van der Waals surface area contributed by atoms with Gasteiger partial charge in [0, 0.05) is 43.7 Å². The van der Waals surface area contributed by atoms with Gasteiger partial charge in [0.15, 0.2) is 5.69 Å². The van der Waals surface area contributed by atoms with E-state index >= 15 is 0 Å². The van der Waals surface area contributed by atoms with E-state index in [9.17, 15) is 4.79 Å². The number of nitrogens with zero attached hydrogens (tertiary/aromatic N) is 5. The van der Waals surface area contributed by atoms with Crippen molar-refractivity contribution in [2.45, 2.75) is 44.6 Å². The Morgan fingerprint density at radius 1 is 1.21 bits per heavy atom. The molecule has 0 saturated carbocycles. The van der Waals surface area contributed by atoms with Crippen LogP contribution in [0, 0.1) is 0 Å². The minimum atomic E-state index is -0.128. The summed E-state index contributed by atoms with van der Waals surface area (Å²) in [7, 11) is 5.52. The predicted molar refractivity (Wildman–Crippen MR) is 127 cm³/mol. The first kappa shape index (κ1) is 21.4. The number of methoxy groups -OCH3 is 1. The van der Waals surface area contributed by atoms with Gasteiger partial charge < -0.3 is 14.5 Å². The predicted octanol–water partition coefficient (Wildman–Crippen LogP) is 3.80. The van der Waals surface area contributed by atoms with Crippen LogP contribution in [-0.4, -0.2) is 58.7 Å². The molecule has 33 heavy (non-hydrogen) atoms. The highest BCUT2D eigenvalue weighted by molar-refractivity contribution is 5.94. The number of benzene rings is 1. The molecule has 0 bridgehead atoms. The van der Waals surface area contributed by atoms with Crippen molar-refractivity contribution in [1.29, 1.82) is 0 Å². The third-order valence-corrected chi connectivity index (χ3v) is 6.67. The number of fused-ring (bicyclic) bond motifs is 1. The number of nitrogens with one attached hydrogen (secondary N) is 1. The van der Waals surface area contributed by atoms with Gasteiger partial charge >= 0.3 is 0 Å². The molecule has 0 spiro atoms. The zero-order chi connectivity index (χ0) is 22.9. The molecule has 2 aromatic heterocycles. The van der Waals surface area contributed by atoms with E-state index in [1.54, 1.807) is 7.11 Å². The highest BCUT2D eigenvalue weighted by Crippen LogP contribution is 2.39. The third-order valence-electron chi connectivity index (χ3n) is 6.67. The molecule has 172 valence electrons. The Morgan fingerprint density at radius 3 is 2.88 bits per heavy atom. The molecule has 1 atom stereocenters. The Morgan fingerprint density at radius 2 is 2.06 bits per heavy atom. The smallest absolute Gasteiger partial charge is 0.275 e. The maximum Gasteiger partial charge on any atom is 0.275 e. The molecule has 1 aromatic carbocycles. The zero-order valence-corrected chi connectivity index (χ0v) is 19.5. The number of ether oxygens (including phenoxy) is 1. The Labute approximate surface area is 194 Å². The molecule has 1 fully saturated rings. The van der Waals surface area contributed by atoms with Crippen molar-refractivity contribution in [2.75, 3.05) is 32.6 Å².